The number of rotatable bonds is 2. The molecule has 0 bridgehead atoms. The fraction of sp³-hybridized carbons (Fsp3) is 0.750. The number of nitrogen functional groups attached to an aromatic ring is 1. The van der Waals surface area contributed by atoms with Crippen molar-refractivity contribution < 1.29 is 0 Å². The Hall–Kier alpha value is -0.680. The average Bonchev–Trinajstić information content (AvgIpc) is 2.53. The highest BCUT2D eigenvalue weighted by atomic mass is 32.1. The summed E-state index contributed by atoms with van der Waals surface area (Å²) < 4.78 is 8.00. The van der Waals surface area contributed by atoms with Crippen LogP contribution >= 0.6 is 11.7 Å². The third-order valence-electron chi connectivity index (χ3n) is 1.71. The minimum absolute atomic E-state index is 0.244. The van der Waals surface area contributed by atoms with Crippen molar-refractivity contribution in [2.75, 3.05) is 19.8 Å². The van der Waals surface area contributed by atoms with Crippen LogP contribution in [0.4, 0.5) is 5.82 Å². The number of hydrogen-bond acceptors (Lipinski definition) is 5. The van der Waals surface area contributed by atoms with Crippen LogP contribution in [0.15, 0.2) is 0 Å². The predicted octanol–water partition coefficient (Wildman–Crippen LogP) is 1.77. The molecule has 0 saturated carbocycles. The molecule has 5 heteroatoms. The zero-order valence-corrected chi connectivity index (χ0v) is 9.72. The molecule has 0 aliphatic heterocycles. The van der Waals surface area contributed by atoms with E-state index in [1.807, 2.05) is 39.8 Å². The molecule has 0 spiro atoms. The van der Waals surface area contributed by atoms with Gasteiger partial charge in [-0.2, -0.15) is 8.75 Å². The molecule has 1 atom stereocenters. The molecule has 0 aliphatic carbocycles. The van der Waals surface area contributed by atoms with Gasteiger partial charge in [0.25, 0.3) is 0 Å². The van der Waals surface area contributed by atoms with E-state index in [0.717, 1.165) is 17.4 Å². The molecule has 0 aromatic carbocycles. The Morgan fingerprint density at radius 2 is 1.85 bits per heavy atom. The lowest BCUT2D eigenvalue weighted by atomic mass is 10.2. The molecule has 0 amide bonds. The molecule has 76 valence electrons. The average molecular weight is 202 g/mol. The maximum absolute atomic E-state index is 5.59. The van der Waals surface area contributed by atoms with Crippen LogP contribution in [-0.4, -0.2) is 27.7 Å². The Labute approximate surface area is 84.1 Å². The number of nitrogens with zero attached hydrogens (tertiary/aromatic N) is 3. The smallest absolute Gasteiger partial charge is 0.162 e. The molecule has 1 unspecified atom stereocenters. The van der Waals surface area contributed by atoms with E-state index in [2.05, 4.69) is 8.75 Å². The SMILES string of the molecule is CC.CC(c1nsnc1N)N(C)C. The van der Waals surface area contributed by atoms with Crippen molar-refractivity contribution in [3.05, 3.63) is 5.69 Å². The van der Waals surface area contributed by atoms with Gasteiger partial charge in [-0.3, -0.25) is 0 Å². The highest BCUT2D eigenvalue weighted by molar-refractivity contribution is 6.99. The minimum Gasteiger partial charge on any atom is -0.381 e. The fourth-order valence-electron chi connectivity index (χ4n) is 0.737. The van der Waals surface area contributed by atoms with Gasteiger partial charge in [0.05, 0.1) is 17.8 Å². The van der Waals surface area contributed by atoms with Crippen molar-refractivity contribution in [1.29, 1.82) is 0 Å². The summed E-state index contributed by atoms with van der Waals surface area (Å²) in [5, 5.41) is 0. The lowest BCUT2D eigenvalue weighted by molar-refractivity contribution is 0.317. The highest BCUT2D eigenvalue weighted by Crippen LogP contribution is 2.20. The van der Waals surface area contributed by atoms with Crippen LogP contribution in [0.5, 0.6) is 0 Å². The van der Waals surface area contributed by atoms with Crippen molar-refractivity contribution in [2.24, 2.45) is 0 Å². The lowest BCUT2D eigenvalue weighted by Gasteiger charge is -2.17. The molecule has 0 fully saturated rings. The van der Waals surface area contributed by atoms with Crippen molar-refractivity contribution in [3.8, 4) is 0 Å². The van der Waals surface area contributed by atoms with Gasteiger partial charge in [-0.1, -0.05) is 13.8 Å². The first-order valence-electron chi connectivity index (χ1n) is 4.37. The van der Waals surface area contributed by atoms with Crippen LogP contribution in [0.2, 0.25) is 0 Å². The van der Waals surface area contributed by atoms with E-state index in [-0.39, 0.29) is 6.04 Å². The number of aromatic nitrogens is 2. The maximum Gasteiger partial charge on any atom is 0.162 e. The lowest BCUT2D eigenvalue weighted by Crippen LogP contribution is -2.18. The molecule has 13 heavy (non-hydrogen) atoms. The Kier molecular flexibility index (Phi) is 5.57. The van der Waals surface area contributed by atoms with E-state index in [1.54, 1.807) is 0 Å². The maximum atomic E-state index is 5.59. The van der Waals surface area contributed by atoms with E-state index >= 15 is 0 Å². The molecule has 1 heterocycles. The van der Waals surface area contributed by atoms with Gasteiger partial charge in [0, 0.05) is 0 Å². The summed E-state index contributed by atoms with van der Waals surface area (Å²) >= 11 is 1.16. The molecule has 1 rings (SSSR count). The van der Waals surface area contributed by atoms with Crippen molar-refractivity contribution >= 4 is 17.5 Å². The zero-order chi connectivity index (χ0) is 10.4. The second-order valence-electron chi connectivity index (χ2n) is 2.67. The predicted molar refractivity (Wildman–Crippen MR) is 57.8 cm³/mol. The van der Waals surface area contributed by atoms with Gasteiger partial charge in [0.1, 0.15) is 5.69 Å². The van der Waals surface area contributed by atoms with Gasteiger partial charge >= 0.3 is 0 Å². The van der Waals surface area contributed by atoms with E-state index in [4.69, 9.17) is 5.73 Å². The van der Waals surface area contributed by atoms with Crippen molar-refractivity contribution in [1.82, 2.24) is 13.6 Å². The summed E-state index contributed by atoms with van der Waals surface area (Å²) in [5.41, 5.74) is 6.46. The highest BCUT2D eigenvalue weighted by Gasteiger charge is 2.14. The van der Waals surface area contributed by atoms with Gasteiger partial charge < -0.3 is 10.6 Å². The van der Waals surface area contributed by atoms with Crippen LogP contribution < -0.4 is 5.73 Å². The first-order valence-corrected chi connectivity index (χ1v) is 5.10. The molecule has 4 nitrogen and oxygen atoms in total. The summed E-state index contributed by atoms with van der Waals surface area (Å²) in [7, 11) is 3.98. The molecule has 1 aromatic rings. The van der Waals surface area contributed by atoms with Crippen LogP contribution in [0.3, 0.4) is 0 Å². The molecule has 2 N–H and O–H groups in total. The van der Waals surface area contributed by atoms with E-state index in [1.165, 1.54) is 0 Å². The zero-order valence-electron chi connectivity index (χ0n) is 8.90. The summed E-state index contributed by atoms with van der Waals surface area (Å²) in [5.74, 6) is 0.552. The molecular weight excluding hydrogens is 184 g/mol. The molecule has 0 saturated heterocycles. The second kappa shape index (κ2) is 5.88. The summed E-state index contributed by atoms with van der Waals surface area (Å²) in [6.45, 7) is 6.05. The summed E-state index contributed by atoms with van der Waals surface area (Å²) in [6, 6.07) is 0.244. The van der Waals surface area contributed by atoms with Gasteiger partial charge in [-0.15, -0.1) is 0 Å². The van der Waals surface area contributed by atoms with Crippen LogP contribution in [-0.2, 0) is 0 Å². The van der Waals surface area contributed by atoms with Gasteiger partial charge in [0.15, 0.2) is 5.82 Å². The van der Waals surface area contributed by atoms with Crippen molar-refractivity contribution in [2.45, 2.75) is 26.8 Å². The third kappa shape index (κ3) is 3.28. The van der Waals surface area contributed by atoms with Gasteiger partial charge in [-0.05, 0) is 21.0 Å². The second-order valence-corrected chi connectivity index (χ2v) is 3.20. The largest absolute Gasteiger partial charge is 0.381 e. The Balaban J connectivity index is 0.000000671. The molecule has 0 radical (unpaired) electrons. The Bertz CT molecular complexity index is 234. The number of nitrogens with two attached hydrogens (primary N) is 1. The molecular formula is C8H18N4S. The quantitative estimate of drug-likeness (QED) is 0.794. The standard InChI is InChI=1S/C6H12N4S.C2H6/c1-4(10(2)3)5-6(7)9-11-8-5;1-2/h4H,1-3H3,(H2,7,9);1-2H3. The first-order chi connectivity index (χ1) is 6.13. The van der Waals surface area contributed by atoms with Crippen LogP contribution in [0.1, 0.15) is 32.5 Å². The monoisotopic (exact) mass is 202 g/mol. The summed E-state index contributed by atoms with van der Waals surface area (Å²) in [4.78, 5) is 2.05. The van der Waals surface area contributed by atoms with Gasteiger partial charge in [0.2, 0.25) is 0 Å². The number of anilines is 1. The fourth-order valence-corrected chi connectivity index (χ4v) is 1.29. The van der Waals surface area contributed by atoms with Crippen LogP contribution in [0, 0.1) is 0 Å². The van der Waals surface area contributed by atoms with Gasteiger partial charge in [-0.25, -0.2) is 0 Å². The molecule has 0 aliphatic rings. The summed E-state index contributed by atoms with van der Waals surface area (Å²) in [6.07, 6.45) is 0. The van der Waals surface area contributed by atoms with Crippen molar-refractivity contribution in [3.63, 3.8) is 0 Å². The van der Waals surface area contributed by atoms with E-state index in [0.29, 0.717) is 5.82 Å². The third-order valence-corrected chi connectivity index (χ3v) is 2.27. The Morgan fingerprint density at radius 3 is 2.15 bits per heavy atom. The normalized spacial score (nSPS) is 12.2. The minimum atomic E-state index is 0.244. The van der Waals surface area contributed by atoms with E-state index in [9.17, 15) is 0 Å². The topological polar surface area (TPSA) is 55.0 Å². The Morgan fingerprint density at radius 1 is 1.31 bits per heavy atom. The first kappa shape index (κ1) is 12.3. The van der Waals surface area contributed by atoms with E-state index < -0.39 is 0 Å². The van der Waals surface area contributed by atoms with Crippen LogP contribution in [0.25, 0.3) is 0 Å². The number of hydrogen-bond donors (Lipinski definition) is 1. The molecule has 1 aromatic heterocycles.